The Morgan fingerprint density at radius 3 is 2.64 bits per heavy atom. The molecule has 0 aromatic carbocycles. The standard InChI is InChI=1S/C13H19ClN4O2S2/c1-9-12(13(14)18(4)16-9)22(19,20)15-8-10(17(2)3)11-6-5-7-21-11/h5-7,10,15H,8H2,1-4H3. The minimum absolute atomic E-state index is 0.0365. The Morgan fingerprint density at radius 1 is 1.50 bits per heavy atom. The summed E-state index contributed by atoms with van der Waals surface area (Å²) in [5.41, 5.74) is 0.387. The van der Waals surface area contributed by atoms with Gasteiger partial charge in [0.25, 0.3) is 0 Å². The van der Waals surface area contributed by atoms with E-state index >= 15 is 0 Å². The summed E-state index contributed by atoms with van der Waals surface area (Å²) in [4.78, 5) is 3.12. The summed E-state index contributed by atoms with van der Waals surface area (Å²) < 4.78 is 29.0. The summed E-state index contributed by atoms with van der Waals surface area (Å²) >= 11 is 7.65. The van der Waals surface area contributed by atoms with Gasteiger partial charge in [-0.1, -0.05) is 17.7 Å². The van der Waals surface area contributed by atoms with Gasteiger partial charge in [-0.05, 0) is 32.5 Å². The molecule has 0 aliphatic heterocycles. The van der Waals surface area contributed by atoms with Gasteiger partial charge in [0, 0.05) is 18.5 Å². The van der Waals surface area contributed by atoms with Crippen molar-refractivity contribution in [1.29, 1.82) is 0 Å². The van der Waals surface area contributed by atoms with Crippen LogP contribution in [-0.2, 0) is 17.1 Å². The second-order valence-electron chi connectivity index (χ2n) is 5.18. The van der Waals surface area contributed by atoms with Crippen molar-refractivity contribution in [3.8, 4) is 0 Å². The zero-order valence-corrected chi connectivity index (χ0v) is 15.3. The van der Waals surface area contributed by atoms with Crippen molar-refractivity contribution in [2.75, 3.05) is 20.6 Å². The summed E-state index contributed by atoms with van der Waals surface area (Å²) in [6.07, 6.45) is 0. The van der Waals surface area contributed by atoms with E-state index in [2.05, 4.69) is 9.82 Å². The maximum absolute atomic E-state index is 12.5. The first kappa shape index (κ1) is 17.4. The Kier molecular flexibility index (Phi) is 5.29. The van der Waals surface area contributed by atoms with Gasteiger partial charge >= 0.3 is 0 Å². The van der Waals surface area contributed by atoms with Gasteiger partial charge in [-0.3, -0.25) is 4.68 Å². The molecular formula is C13H19ClN4O2S2. The third kappa shape index (κ3) is 3.52. The Labute approximate surface area is 139 Å². The summed E-state index contributed by atoms with van der Waals surface area (Å²) in [7, 11) is 1.74. The number of rotatable bonds is 6. The van der Waals surface area contributed by atoms with Crippen molar-refractivity contribution in [2.45, 2.75) is 17.9 Å². The van der Waals surface area contributed by atoms with Crippen molar-refractivity contribution in [1.82, 2.24) is 19.4 Å². The molecule has 0 aliphatic carbocycles. The summed E-state index contributed by atoms with van der Waals surface area (Å²) in [5, 5.41) is 6.13. The maximum atomic E-state index is 12.5. The fourth-order valence-corrected chi connectivity index (χ4v) is 4.90. The van der Waals surface area contributed by atoms with Gasteiger partial charge in [0.2, 0.25) is 10.0 Å². The fourth-order valence-electron chi connectivity index (χ4n) is 2.20. The van der Waals surface area contributed by atoms with E-state index in [4.69, 9.17) is 11.6 Å². The summed E-state index contributed by atoms with van der Waals surface area (Å²) in [6, 6.07) is 3.91. The number of sulfonamides is 1. The van der Waals surface area contributed by atoms with E-state index < -0.39 is 10.0 Å². The van der Waals surface area contributed by atoms with Gasteiger partial charge in [-0.2, -0.15) is 5.10 Å². The van der Waals surface area contributed by atoms with Crippen LogP contribution in [0.15, 0.2) is 22.4 Å². The lowest BCUT2D eigenvalue weighted by molar-refractivity contribution is 0.303. The minimum atomic E-state index is -3.71. The number of hydrogen-bond acceptors (Lipinski definition) is 5. The first-order valence-electron chi connectivity index (χ1n) is 6.62. The molecule has 0 saturated carbocycles. The molecule has 1 unspecified atom stereocenters. The number of aromatic nitrogens is 2. The van der Waals surface area contributed by atoms with Gasteiger partial charge in [0.15, 0.2) is 0 Å². The maximum Gasteiger partial charge on any atom is 0.245 e. The zero-order valence-electron chi connectivity index (χ0n) is 12.9. The van der Waals surface area contributed by atoms with E-state index in [0.717, 1.165) is 4.88 Å². The molecule has 22 heavy (non-hydrogen) atoms. The van der Waals surface area contributed by atoms with Crippen LogP contribution in [0, 0.1) is 6.92 Å². The normalized spacial score (nSPS) is 13.7. The van der Waals surface area contributed by atoms with Crippen LogP contribution in [0.25, 0.3) is 0 Å². The second-order valence-corrected chi connectivity index (χ2v) is 8.22. The molecular weight excluding hydrogens is 344 g/mol. The van der Waals surface area contributed by atoms with Crippen LogP contribution in [0.5, 0.6) is 0 Å². The Bertz CT molecular complexity index is 738. The first-order valence-corrected chi connectivity index (χ1v) is 9.36. The van der Waals surface area contributed by atoms with E-state index in [9.17, 15) is 8.42 Å². The summed E-state index contributed by atoms with van der Waals surface area (Å²) in [5.74, 6) is 0. The molecule has 9 heteroatoms. The van der Waals surface area contributed by atoms with Crippen LogP contribution in [0.1, 0.15) is 16.6 Å². The molecule has 0 radical (unpaired) electrons. The fraction of sp³-hybridized carbons (Fsp3) is 0.462. The number of nitrogens with zero attached hydrogens (tertiary/aromatic N) is 3. The number of thiophene rings is 1. The van der Waals surface area contributed by atoms with Crippen LogP contribution < -0.4 is 4.72 Å². The van der Waals surface area contributed by atoms with Crippen molar-refractivity contribution in [3.05, 3.63) is 33.2 Å². The lowest BCUT2D eigenvalue weighted by Crippen LogP contribution is -2.34. The van der Waals surface area contributed by atoms with E-state index in [-0.39, 0.29) is 22.6 Å². The minimum Gasteiger partial charge on any atom is -0.300 e. The lowest BCUT2D eigenvalue weighted by atomic mass is 10.2. The van der Waals surface area contributed by atoms with Crippen molar-refractivity contribution >= 4 is 33.0 Å². The SMILES string of the molecule is Cc1nn(C)c(Cl)c1S(=O)(=O)NCC(c1cccs1)N(C)C. The highest BCUT2D eigenvalue weighted by Crippen LogP contribution is 2.26. The molecule has 2 aromatic rings. The third-order valence-electron chi connectivity index (χ3n) is 3.33. The first-order chi connectivity index (χ1) is 10.2. The van der Waals surface area contributed by atoms with E-state index in [1.54, 1.807) is 25.3 Å². The monoisotopic (exact) mass is 362 g/mol. The zero-order chi connectivity index (χ0) is 16.5. The average molecular weight is 363 g/mol. The molecule has 2 aromatic heterocycles. The molecule has 0 aliphatic rings. The molecule has 2 heterocycles. The molecule has 0 fully saturated rings. The van der Waals surface area contributed by atoms with Crippen molar-refractivity contribution in [2.24, 2.45) is 7.05 Å². The Balaban J connectivity index is 2.22. The van der Waals surface area contributed by atoms with Gasteiger partial charge < -0.3 is 4.90 Å². The molecule has 6 nitrogen and oxygen atoms in total. The van der Waals surface area contributed by atoms with Crippen LogP contribution in [-0.4, -0.2) is 43.7 Å². The van der Waals surface area contributed by atoms with Crippen LogP contribution in [0.2, 0.25) is 5.15 Å². The summed E-state index contributed by atoms with van der Waals surface area (Å²) in [6.45, 7) is 1.89. The third-order valence-corrected chi connectivity index (χ3v) is 6.42. The van der Waals surface area contributed by atoms with Gasteiger partial charge in [0.1, 0.15) is 10.0 Å². The molecule has 0 bridgehead atoms. The molecule has 122 valence electrons. The predicted octanol–water partition coefficient (Wildman–Crippen LogP) is 2.02. The van der Waals surface area contributed by atoms with E-state index in [1.165, 1.54) is 4.68 Å². The Hall–Kier alpha value is -0.930. The number of hydrogen-bond donors (Lipinski definition) is 1. The van der Waals surface area contributed by atoms with Gasteiger partial charge in [-0.15, -0.1) is 11.3 Å². The molecule has 0 amide bonds. The number of likely N-dealkylation sites (N-methyl/N-ethyl adjacent to an activating group) is 1. The molecule has 0 spiro atoms. The highest BCUT2D eigenvalue weighted by atomic mass is 35.5. The number of aryl methyl sites for hydroxylation is 2. The number of halogens is 1. The van der Waals surface area contributed by atoms with Crippen molar-refractivity contribution < 1.29 is 8.42 Å². The van der Waals surface area contributed by atoms with Gasteiger partial charge in [-0.25, -0.2) is 13.1 Å². The number of nitrogens with one attached hydrogen (secondary N) is 1. The Morgan fingerprint density at radius 2 is 2.18 bits per heavy atom. The van der Waals surface area contributed by atoms with Crippen LogP contribution >= 0.6 is 22.9 Å². The highest BCUT2D eigenvalue weighted by molar-refractivity contribution is 7.89. The van der Waals surface area contributed by atoms with Crippen LogP contribution in [0.4, 0.5) is 0 Å². The van der Waals surface area contributed by atoms with E-state index in [1.807, 2.05) is 36.5 Å². The van der Waals surface area contributed by atoms with Gasteiger partial charge in [0.05, 0.1) is 11.7 Å². The van der Waals surface area contributed by atoms with Crippen LogP contribution in [0.3, 0.4) is 0 Å². The largest absolute Gasteiger partial charge is 0.300 e. The average Bonchev–Trinajstić information content (AvgIpc) is 2.99. The highest BCUT2D eigenvalue weighted by Gasteiger charge is 2.26. The predicted molar refractivity (Wildman–Crippen MR) is 88.9 cm³/mol. The van der Waals surface area contributed by atoms with Crippen molar-refractivity contribution in [3.63, 3.8) is 0 Å². The second kappa shape index (κ2) is 6.67. The quantitative estimate of drug-likeness (QED) is 0.853. The smallest absolute Gasteiger partial charge is 0.245 e. The molecule has 0 saturated heterocycles. The molecule has 1 atom stereocenters. The topological polar surface area (TPSA) is 67.2 Å². The lowest BCUT2D eigenvalue weighted by Gasteiger charge is -2.23. The van der Waals surface area contributed by atoms with E-state index in [0.29, 0.717) is 5.69 Å². The molecule has 1 N–H and O–H groups in total. The molecule has 2 rings (SSSR count).